The van der Waals surface area contributed by atoms with E-state index in [0.29, 0.717) is 18.4 Å². The van der Waals surface area contributed by atoms with Crippen molar-refractivity contribution in [1.82, 2.24) is 24.9 Å². The number of urea groups is 1. The number of piperidine rings is 1. The first-order valence-corrected chi connectivity index (χ1v) is 8.81. The Morgan fingerprint density at radius 1 is 1.17 bits per heavy atom. The van der Waals surface area contributed by atoms with Gasteiger partial charge in [-0.2, -0.15) is 5.10 Å². The molecule has 132 valence electrons. The van der Waals surface area contributed by atoms with E-state index in [4.69, 9.17) is 0 Å². The third-order valence-corrected chi connectivity index (χ3v) is 5.36. The first-order valence-electron chi connectivity index (χ1n) is 8.81. The minimum Gasteiger partial charge on any atom is -0.341 e. The summed E-state index contributed by atoms with van der Waals surface area (Å²) in [7, 11) is 1.68. The van der Waals surface area contributed by atoms with Crippen molar-refractivity contribution in [1.29, 1.82) is 0 Å². The SMILES string of the molecule is CNC(=O)N1CCC(C2CCN(C(=O)Cn3ccc(C)n3)C2)CC1. The molecule has 3 heterocycles. The van der Waals surface area contributed by atoms with Crippen molar-refractivity contribution in [2.45, 2.75) is 32.7 Å². The minimum absolute atomic E-state index is 0.0196. The van der Waals surface area contributed by atoms with Crippen LogP contribution in [0.25, 0.3) is 0 Å². The molecule has 1 aromatic rings. The zero-order valence-electron chi connectivity index (χ0n) is 14.6. The summed E-state index contributed by atoms with van der Waals surface area (Å²) in [5, 5.41) is 6.98. The Bertz CT molecular complexity index is 592. The molecule has 3 amide bonds. The summed E-state index contributed by atoms with van der Waals surface area (Å²) in [5.74, 6) is 1.35. The van der Waals surface area contributed by atoms with E-state index >= 15 is 0 Å². The summed E-state index contributed by atoms with van der Waals surface area (Å²) in [6.45, 7) is 5.60. The van der Waals surface area contributed by atoms with Crippen molar-refractivity contribution in [3.63, 3.8) is 0 Å². The van der Waals surface area contributed by atoms with E-state index in [2.05, 4.69) is 10.4 Å². The second-order valence-corrected chi connectivity index (χ2v) is 6.92. The molecule has 2 fully saturated rings. The summed E-state index contributed by atoms with van der Waals surface area (Å²) in [5.41, 5.74) is 0.935. The fraction of sp³-hybridized carbons (Fsp3) is 0.706. The Balaban J connectivity index is 1.47. The zero-order chi connectivity index (χ0) is 17.1. The van der Waals surface area contributed by atoms with E-state index < -0.39 is 0 Å². The number of nitrogens with one attached hydrogen (secondary N) is 1. The Labute approximate surface area is 143 Å². The van der Waals surface area contributed by atoms with E-state index in [9.17, 15) is 9.59 Å². The lowest BCUT2D eigenvalue weighted by Crippen LogP contribution is -2.44. The lowest BCUT2D eigenvalue weighted by molar-refractivity contribution is -0.131. The van der Waals surface area contributed by atoms with Gasteiger partial charge >= 0.3 is 6.03 Å². The summed E-state index contributed by atoms with van der Waals surface area (Å²) >= 11 is 0. The molecule has 2 aliphatic rings. The molecule has 24 heavy (non-hydrogen) atoms. The van der Waals surface area contributed by atoms with Gasteiger partial charge in [-0.05, 0) is 44.1 Å². The smallest absolute Gasteiger partial charge is 0.317 e. The van der Waals surface area contributed by atoms with Gasteiger partial charge < -0.3 is 15.1 Å². The topological polar surface area (TPSA) is 70.5 Å². The molecule has 0 saturated carbocycles. The monoisotopic (exact) mass is 333 g/mol. The molecule has 0 aliphatic carbocycles. The molecule has 1 unspecified atom stereocenters. The van der Waals surface area contributed by atoms with Crippen LogP contribution in [0.15, 0.2) is 12.3 Å². The van der Waals surface area contributed by atoms with Crippen LogP contribution in [-0.4, -0.2) is 64.7 Å². The van der Waals surface area contributed by atoms with Crippen molar-refractivity contribution in [2.24, 2.45) is 11.8 Å². The lowest BCUT2D eigenvalue weighted by atomic mass is 9.84. The third-order valence-electron chi connectivity index (χ3n) is 5.36. The van der Waals surface area contributed by atoms with Crippen LogP contribution in [-0.2, 0) is 11.3 Å². The first kappa shape index (κ1) is 16.8. The van der Waals surface area contributed by atoms with Crippen LogP contribution in [0.5, 0.6) is 0 Å². The van der Waals surface area contributed by atoms with E-state index in [-0.39, 0.29) is 11.9 Å². The zero-order valence-corrected chi connectivity index (χ0v) is 14.6. The number of rotatable bonds is 3. The maximum Gasteiger partial charge on any atom is 0.317 e. The predicted octanol–water partition coefficient (Wildman–Crippen LogP) is 1.09. The van der Waals surface area contributed by atoms with Gasteiger partial charge in [-0.1, -0.05) is 0 Å². The fourth-order valence-corrected chi connectivity index (χ4v) is 3.92. The van der Waals surface area contributed by atoms with E-state index in [0.717, 1.165) is 51.1 Å². The summed E-state index contributed by atoms with van der Waals surface area (Å²) in [4.78, 5) is 28.0. The second-order valence-electron chi connectivity index (χ2n) is 6.92. The number of likely N-dealkylation sites (tertiary alicyclic amines) is 2. The highest BCUT2D eigenvalue weighted by atomic mass is 16.2. The number of nitrogens with zero attached hydrogens (tertiary/aromatic N) is 4. The molecule has 1 atom stereocenters. The fourth-order valence-electron chi connectivity index (χ4n) is 3.92. The van der Waals surface area contributed by atoms with Gasteiger partial charge in [-0.3, -0.25) is 9.48 Å². The van der Waals surface area contributed by atoms with E-state index in [1.807, 2.05) is 29.0 Å². The lowest BCUT2D eigenvalue weighted by Gasteiger charge is -2.34. The molecule has 0 aromatic carbocycles. The summed E-state index contributed by atoms with van der Waals surface area (Å²) < 4.78 is 1.72. The molecule has 7 nitrogen and oxygen atoms in total. The number of carbonyl (C=O) groups is 2. The van der Waals surface area contributed by atoms with Crippen molar-refractivity contribution < 1.29 is 9.59 Å². The quantitative estimate of drug-likeness (QED) is 0.900. The van der Waals surface area contributed by atoms with Gasteiger partial charge in [0.1, 0.15) is 6.54 Å². The number of hydrogen-bond donors (Lipinski definition) is 1. The molecule has 0 bridgehead atoms. The van der Waals surface area contributed by atoms with Gasteiger partial charge in [0, 0.05) is 39.4 Å². The molecule has 2 aliphatic heterocycles. The molecule has 2 saturated heterocycles. The van der Waals surface area contributed by atoms with Crippen molar-refractivity contribution >= 4 is 11.9 Å². The number of aryl methyl sites for hydroxylation is 1. The third kappa shape index (κ3) is 3.71. The number of amides is 3. The normalized spacial score (nSPS) is 22.0. The highest BCUT2D eigenvalue weighted by molar-refractivity contribution is 5.76. The van der Waals surface area contributed by atoms with Crippen molar-refractivity contribution in [3.05, 3.63) is 18.0 Å². The summed E-state index contributed by atoms with van der Waals surface area (Å²) in [6, 6.07) is 1.94. The van der Waals surface area contributed by atoms with E-state index in [1.54, 1.807) is 11.7 Å². The van der Waals surface area contributed by atoms with Gasteiger partial charge in [-0.25, -0.2) is 4.79 Å². The first-order chi connectivity index (χ1) is 11.6. The van der Waals surface area contributed by atoms with Gasteiger partial charge in [0.2, 0.25) is 5.91 Å². The van der Waals surface area contributed by atoms with Crippen LogP contribution >= 0.6 is 0 Å². The molecule has 1 N–H and O–H groups in total. The van der Waals surface area contributed by atoms with Gasteiger partial charge in [0.05, 0.1) is 5.69 Å². The van der Waals surface area contributed by atoms with Crippen LogP contribution in [0.1, 0.15) is 25.0 Å². The van der Waals surface area contributed by atoms with Gasteiger partial charge in [0.25, 0.3) is 0 Å². The van der Waals surface area contributed by atoms with Gasteiger partial charge in [0.15, 0.2) is 0 Å². The average molecular weight is 333 g/mol. The molecular weight excluding hydrogens is 306 g/mol. The number of aromatic nitrogens is 2. The number of carbonyl (C=O) groups excluding carboxylic acids is 2. The number of hydrogen-bond acceptors (Lipinski definition) is 3. The van der Waals surface area contributed by atoms with Crippen molar-refractivity contribution in [2.75, 3.05) is 33.2 Å². The molecule has 3 rings (SSSR count). The Kier molecular flexibility index (Phi) is 5.06. The molecule has 0 radical (unpaired) electrons. The van der Waals surface area contributed by atoms with Crippen LogP contribution in [0.2, 0.25) is 0 Å². The Morgan fingerprint density at radius 3 is 2.46 bits per heavy atom. The molecule has 1 aromatic heterocycles. The van der Waals surface area contributed by atoms with Crippen LogP contribution in [0, 0.1) is 18.8 Å². The highest BCUT2D eigenvalue weighted by Gasteiger charge is 2.34. The summed E-state index contributed by atoms with van der Waals surface area (Å²) in [6.07, 6.45) is 5.01. The molecule has 7 heteroatoms. The largest absolute Gasteiger partial charge is 0.341 e. The maximum atomic E-state index is 12.4. The van der Waals surface area contributed by atoms with Crippen LogP contribution in [0.3, 0.4) is 0 Å². The Hall–Kier alpha value is -2.05. The standard InChI is InChI=1S/C17H27N5O2/c1-13-3-10-22(19-13)12-16(23)21-9-6-15(11-21)14-4-7-20(8-5-14)17(24)18-2/h3,10,14-15H,4-9,11-12H2,1-2H3,(H,18,24). The predicted molar refractivity (Wildman–Crippen MR) is 90.4 cm³/mol. The maximum absolute atomic E-state index is 12.4. The van der Waals surface area contributed by atoms with Gasteiger partial charge in [-0.15, -0.1) is 0 Å². The second kappa shape index (κ2) is 7.23. The molecule has 0 spiro atoms. The minimum atomic E-state index is 0.0196. The Morgan fingerprint density at radius 2 is 1.83 bits per heavy atom. The molecular formula is C17H27N5O2. The van der Waals surface area contributed by atoms with E-state index in [1.165, 1.54) is 0 Å². The van der Waals surface area contributed by atoms with Crippen LogP contribution in [0.4, 0.5) is 4.79 Å². The van der Waals surface area contributed by atoms with Crippen molar-refractivity contribution in [3.8, 4) is 0 Å². The highest BCUT2D eigenvalue weighted by Crippen LogP contribution is 2.32. The average Bonchev–Trinajstić information content (AvgIpc) is 3.23. The van der Waals surface area contributed by atoms with Crippen LogP contribution < -0.4 is 5.32 Å².